The largest absolute Gasteiger partial charge is 0.478 e. The lowest BCUT2D eigenvalue weighted by molar-refractivity contribution is -0.131. The summed E-state index contributed by atoms with van der Waals surface area (Å²) in [6.07, 6.45) is 11.7. The first-order valence-electron chi connectivity index (χ1n) is 4.74. The molecular formula is C12H13NO2. The third kappa shape index (κ3) is 5.41. The van der Waals surface area contributed by atoms with E-state index in [0.29, 0.717) is 0 Å². The van der Waals surface area contributed by atoms with Crippen molar-refractivity contribution in [3.05, 3.63) is 54.4 Å². The Kier molecular flexibility index (Phi) is 4.87. The molecule has 1 aromatic rings. The van der Waals surface area contributed by atoms with Gasteiger partial charge in [-0.25, -0.2) is 4.79 Å². The number of pyridine rings is 1. The van der Waals surface area contributed by atoms with E-state index in [9.17, 15) is 4.79 Å². The Bertz CT molecular complexity index is 355. The number of carboxylic acid groups (broad SMARTS) is 1. The van der Waals surface area contributed by atoms with Gasteiger partial charge >= 0.3 is 5.97 Å². The van der Waals surface area contributed by atoms with Gasteiger partial charge in [-0.05, 0) is 24.5 Å². The Morgan fingerprint density at radius 2 is 2.33 bits per heavy atom. The summed E-state index contributed by atoms with van der Waals surface area (Å²) in [5, 5.41) is 8.32. The third-order valence-corrected chi connectivity index (χ3v) is 1.81. The quantitative estimate of drug-likeness (QED) is 0.589. The Morgan fingerprint density at radius 3 is 3.00 bits per heavy atom. The number of aliphatic carboxylic acids is 1. The van der Waals surface area contributed by atoms with Crippen molar-refractivity contribution < 1.29 is 9.90 Å². The molecule has 0 atom stereocenters. The summed E-state index contributed by atoms with van der Waals surface area (Å²) in [6.45, 7) is 0. The highest BCUT2D eigenvalue weighted by Gasteiger charge is 1.88. The smallest absolute Gasteiger partial charge is 0.328 e. The molecule has 1 heterocycles. The van der Waals surface area contributed by atoms with Gasteiger partial charge in [-0.1, -0.05) is 24.3 Å². The van der Waals surface area contributed by atoms with E-state index in [0.717, 1.165) is 18.9 Å². The van der Waals surface area contributed by atoms with Crippen molar-refractivity contribution in [1.82, 2.24) is 4.98 Å². The number of rotatable bonds is 5. The van der Waals surface area contributed by atoms with Crippen molar-refractivity contribution in [2.75, 3.05) is 0 Å². The summed E-state index contributed by atoms with van der Waals surface area (Å²) < 4.78 is 0. The van der Waals surface area contributed by atoms with Crippen molar-refractivity contribution in [3.63, 3.8) is 0 Å². The molecule has 1 aromatic heterocycles. The van der Waals surface area contributed by atoms with Gasteiger partial charge in [0.05, 0.1) is 0 Å². The topological polar surface area (TPSA) is 50.2 Å². The van der Waals surface area contributed by atoms with Crippen molar-refractivity contribution in [2.24, 2.45) is 0 Å². The molecule has 1 rings (SSSR count). The van der Waals surface area contributed by atoms with E-state index in [-0.39, 0.29) is 0 Å². The minimum absolute atomic E-state index is 0.885. The Hall–Kier alpha value is -1.90. The van der Waals surface area contributed by atoms with E-state index < -0.39 is 5.97 Å². The second kappa shape index (κ2) is 6.54. The summed E-state index contributed by atoms with van der Waals surface area (Å²) in [5.41, 5.74) is 1.18. The van der Waals surface area contributed by atoms with Crippen LogP contribution in [0.15, 0.2) is 48.8 Å². The number of aryl methyl sites for hydroxylation is 1. The van der Waals surface area contributed by atoms with Crippen LogP contribution in [-0.4, -0.2) is 16.1 Å². The maximum atomic E-state index is 10.1. The van der Waals surface area contributed by atoms with Crippen LogP contribution in [0.25, 0.3) is 0 Å². The highest BCUT2D eigenvalue weighted by molar-refractivity contribution is 5.80. The number of hydrogen-bond acceptors (Lipinski definition) is 2. The van der Waals surface area contributed by atoms with Crippen molar-refractivity contribution in [3.8, 4) is 0 Å². The Balaban J connectivity index is 2.25. The van der Waals surface area contributed by atoms with Crippen molar-refractivity contribution in [1.29, 1.82) is 0 Å². The van der Waals surface area contributed by atoms with Crippen LogP contribution in [0.4, 0.5) is 0 Å². The van der Waals surface area contributed by atoms with Gasteiger partial charge < -0.3 is 5.11 Å². The normalized spacial score (nSPS) is 11.2. The lowest BCUT2D eigenvalue weighted by Crippen LogP contribution is -1.85. The van der Waals surface area contributed by atoms with Crippen molar-refractivity contribution >= 4 is 5.97 Å². The van der Waals surface area contributed by atoms with Crippen LogP contribution in [0.3, 0.4) is 0 Å². The van der Waals surface area contributed by atoms with Crippen LogP contribution in [0.1, 0.15) is 12.0 Å². The average Bonchev–Trinajstić information content (AvgIpc) is 2.24. The third-order valence-electron chi connectivity index (χ3n) is 1.81. The molecule has 15 heavy (non-hydrogen) atoms. The minimum Gasteiger partial charge on any atom is -0.478 e. The fourth-order valence-electron chi connectivity index (χ4n) is 1.11. The van der Waals surface area contributed by atoms with Crippen molar-refractivity contribution in [2.45, 2.75) is 12.8 Å². The van der Waals surface area contributed by atoms with Crippen LogP contribution >= 0.6 is 0 Å². The molecule has 0 spiro atoms. The van der Waals surface area contributed by atoms with Gasteiger partial charge in [0.15, 0.2) is 0 Å². The maximum absolute atomic E-state index is 10.1. The van der Waals surface area contributed by atoms with Crippen LogP contribution in [0, 0.1) is 0 Å². The summed E-state index contributed by atoms with van der Waals surface area (Å²) in [5.74, 6) is -0.924. The standard InChI is InChI=1S/C12H13NO2/c14-12(15)8-4-2-1-3-6-11-7-5-9-13-10-11/h1-2,4-5,7-10H,3,6H2,(H,14,15)/b2-1+,8-4+. The number of hydrogen-bond donors (Lipinski definition) is 1. The molecule has 0 saturated heterocycles. The predicted molar refractivity (Wildman–Crippen MR) is 58.5 cm³/mol. The maximum Gasteiger partial charge on any atom is 0.328 e. The molecule has 0 unspecified atom stereocenters. The van der Waals surface area contributed by atoms with Gasteiger partial charge in [-0.15, -0.1) is 0 Å². The summed E-state index contributed by atoms with van der Waals surface area (Å²) in [4.78, 5) is 14.1. The fourth-order valence-corrected chi connectivity index (χ4v) is 1.11. The van der Waals surface area contributed by atoms with Gasteiger partial charge in [0, 0.05) is 18.5 Å². The number of aromatic nitrogens is 1. The molecule has 0 aliphatic carbocycles. The summed E-state index contributed by atoms with van der Waals surface area (Å²) >= 11 is 0. The monoisotopic (exact) mass is 203 g/mol. The zero-order valence-corrected chi connectivity index (χ0v) is 8.34. The van der Waals surface area contributed by atoms with Crippen LogP contribution in [0.5, 0.6) is 0 Å². The SMILES string of the molecule is O=C(O)/C=C/C=C/CCc1cccnc1. The molecule has 1 N–H and O–H groups in total. The van der Waals surface area contributed by atoms with Gasteiger partial charge in [0.1, 0.15) is 0 Å². The summed E-state index contributed by atoms with van der Waals surface area (Å²) in [7, 11) is 0. The van der Waals surface area contributed by atoms with Crippen LogP contribution in [-0.2, 0) is 11.2 Å². The van der Waals surface area contributed by atoms with Crippen LogP contribution in [0.2, 0.25) is 0 Å². The highest BCUT2D eigenvalue weighted by Crippen LogP contribution is 2.00. The highest BCUT2D eigenvalue weighted by atomic mass is 16.4. The zero-order chi connectivity index (χ0) is 10.9. The van der Waals surface area contributed by atoms with Gasteiger partial charge in [0.25, 0.3) is 0 Å². The molecule has 0 saturated carbocycles. The average molecular weight is 203 g/mol. The predicted octanol–water partition coefficient (Wildman–Crippen LogP) is 2.21. The lowest BCUT2D eigenvalue weighted by Gasteiger charge is -1.94. The molecule has 0 aromatic carbocycles. The molecule has 0 amide bonds. The minimum atomic E-state index is -0.924. The van der Waals surface area contributed by atoms with E-state index >= 15 is 0 Å². The first-order chi connectivity index (χ1) is 7.29. The molecule has 0 fully saturated rings. The van der Waals surface area contributed by atoms with E-state index in [4.69, 9.17) is 5.11 Å². The Morgan fingerprint density at radius 1 is 1.47 bits per heavy atom. The first kappa shape index (κ1) is 11.2. The number of carbonyl (C=O) groups is 1. The number of nitrogens with zero attached hydrogens (tertiary/aromatic N) is 1. The number of allylic oxidation sites excluding steroid dienone is 3. The second-order valence-corrected chi connectivity index (χ2v) is 3.03. The van der Waals surface area contributed by atoms with Gasteiger partial charge in [-0.2, -0.15) is 0 Å². The molecule has 3 nitrogen and oxygen atoms in total. The molecule has 0 bridgehead atoms. The van der Waals surface area contributed by atoms with E-state index in [1.807, 2.05) is 24.4 Å². The van der Waals surface area contributed by atoms with E-state index in [1.54, 1.807) is 12.3 Å². The second-order valence-electron chi connectivity index (χ2n) is 3.03. The molecular weight excluding hydrogens is 190 g/mol. The molecule has 3 heteroatoms. The summed E-state index contributed by atoms with van der Waals surface area (Å²) in [6, 6.07) is 3.93. The molecule has 0 aliphatic heterocycles. The van der Waals surface area contributed by atoms with E-state index in [1.165, 1.54) is 11.6 Å². The fraction of sp³-hybridized carbons (Fsp3) is 0.167. The molecule has 0 radical (unpaired) electrons. The Labute approximate surface area is 88.8 Å². The van der Waals surface area contributed by atoms with E-state index in [2.05, 4.69) is 4.98 Å². The molecule has 78 valence electrons. The van der Waals surface area contributed by atoms with Crippen LogP contribution < -0.4 is 0 Å². The van der Waals surface area contributed by atoms with Gasteiger partial charge in [-0.3, -0.25) is 4.98 Å². The molecule has 0 aliphatic rings. The zero-order valence-electron chi connectivity index (χ0n) is 8.34. The number of carboxylic acids is 1. The first-order valence-corrected chi connectivity index (χ1v) is 4.74. The lowest BCUT2D eigenvalue weighted by atomic mass is 10.1. The van der Waals surface area contributed by atoms with Gasteiger partial charge in [0.2, 0.25) is 0 Å².